The summed E-state index contributed by atoms with van der Waals surface area (Å²) in [4.78, 5) is 23.7. The third kappa shape index (κ3) is 3.35. The number of rotatable bonds is 6. The zero-order chi connectivity index (χ0) is 16.9. The van der Waals surface area contributed by atoms with Crippen LogP contribution >= 0.6 is 0 Å². The molecular weight excluding hydrogens is 316 g/mol. The molecule has 9 heteroatoms. The summed E-state index contributed by atoms with van der Waals surface area (Å²) >= 11 is 0. The van der Waals surface area contributed by atoms with E-state index >= 15 is 0 Å². The van der Waals surface area contributed by atoms with Crippen molar-refractivity contribution in [2.24, 2.45) is 0 Å². The monoisotopic (exact) mass is 330 g/mol. The standard InChI is InChI=1S/C15H14N4O5/c1-22-13-9-12(24-18-13)15(21)16-6-7-19-14(20)5-4-10(17-19)11-3-2-8-23-11/h2-5,8-9H,6-7H2,1H3,(H,16,21). The van der Waals surface area contributed by atoms with E-state index in [9.17, 15) is 9.59 Å². The Balaban J connectivity index is 1.63. The number of hydrogen-bond donors (Lipinski definition) is 1. The van der Waals surface area contributed by atoms with Crippen LogP contribution in [0.1, 0.15) is 10.6 Å². The largest absolute Gasteiger partial charge is 0.479 e. The zero-order valence-corrected chi connectivity index (χ0v) is 12.8. The second kappa shape index (κ2) is 6.82. The van der Waals surface area contributed by atoms with E-state index in [1.807, 2.05) is 0 Å². The molecule has 3 aromatic rings. The minimum Gasteiger partial charge on any atom is -0.479 e. The van der Waals surface area contributed by atoms with Gasteiger partial charge in [0.05, 0.1) is 26.0 Å². The van der Waals surface area contributed by atoms with Crippen LogP contribution in [0.5, 0.6) is 5.88 Å². The van der Waals surface area contributed by atoms with E-state index < -0.39 is 5.91 Å². The van der Waals surface area contributed by atoms with Crippen molar-refractivity contribution in [1.29, 1.82) is 0 Å². The van der Waals surface area contributed by atoms with E-state index in [2.05, 4.69) is 15.6 Å². The fraction of sp³-hybridized carbons (Fsp3) is 0.200. The predicted molar refractivity (Wildman–Crippen MR) is 81.6 cm³/mol. The van der Waals surface area contributed by atoms with Crippen LogP contribution < -0.4 is 15.6 Å². The van der Waals surface area contributed by atoms with Gasteiger partial charge in [0.2, 0.25) is 5.76 Å². The van der Waals surface area contributed by atoms with E-state index in [-0.39, 0.29) is 30.3 Å². The fourth-order valence-corrected chi connectivity index (χ4v) is 1.99. The third-order valence-electron chi connectivity index (χ3n) is 3.17. The van der Waals surface area contributed by atoms with Crippen molar-refractivity contribution in [3.8, 4) is 17.3 Å². The summed E-state index contributed by atoms with van der Waals surface area (Å²) < 4.78 is 16.2. The first kappa shape index (κ1) is 15.5. The molecule has 0 saturated heterocycles. The Morgan fingerprint density at radius 2 is 2.25 bits per heavy atom. The lowest BCUT2D eigenvalue weighted by atomic mass is 10.3. The van der Waals surface area contributed by atoms with Gasteiger partial charge in [0.15, 0.2) is 5.76 Å². The lowest BCUT2D eigenvalue weighted by molar-refractivity contribution is 0.0914. The first-order valence-electron chi connectivity index (χ1n) is 7.08. The van der Waals surface area contributed by atoms with Crippen molar-refractivity contribution >= 4 is 5.91 Å². The summed E-state index contributed by atoms with van der Waals surface area (Å²) in [5.41, 5.74) is 0.256. The number of methoxy groups -OCH3 is 1. The number of carbonyl (C=O) groups is 1. The smallest absolute Gasteiger partial charge is 0.290 e. The molecule has 0 unspecified atom stereocenters. The molecule has 3 rings (SSSR count). The Hall–Kier alpha value is -3.36. The summed E-state index contributed by atoms with van der Waals surface area (Å²) in [6.07, 6.45) is 1.53. The van der Waals surface area contributed by atoms with Crippen molar-refractivity contribution in [2.45, 2.75) is 6.54 Å². The van der Waals surface area contributed by atoms with Gasteiger partial charge in [0, 0.05) is 12.6 Å². The maximum Gasteiger partial charge on any atom is 0.290 e. The molecule has 1 amide bonds. The van der Waals surface area contributed by atoms with Gasteiger partial charge in [-0.05, 0) is 23.4 Å². The van der Waals surface area contributed by atoms with Crippen molar-refractivity contribution in [2.75, 3.05) is 13.7 Å². The van der Waals surface area contributed by atoms with E-state index in [1.165, 1.54) is 30.2 Å². The molecule has 0 spiro atoms. The quantitative estimate of drug-likeness (QED) is 0.715. The van der Waals surface area contributed by atoms with Gasteiger partial charge < -0.3 is 19.0 Å². The fourth-order valence-electron chi connectivity index (χ4n) is 1.99. The Labute approximate surface area is 135 Å². The van der Waals surface area contributed by atoms with Gasteiger partial charge in [-0.3, -0.25) is 9.59 Å². The van der Waals surface area contributed by atoms with Crippen LogP contribution in [0.25, 0.3) is 11.5 Å². The van der Waals surface area contributed by atoms with Gasteiger partial charge in [0.25, 0.3) is 17.3 Å². The molecule has 9 nitrogen and oxygen atoms in total. The molecule has 0 aliphatic rings. The van der Waals surface area contributed by atoms with Crippen molar-refractivity contribution in [3.63, 3.8) is 0 Å². The highest BCUT2D eigenvalue weighted by molar-refractivity contribution is 5.91. The zero-order valence-electron chi connectivity index (χ0n) is 12.8. The van der Waals surface area contributed by atoms with Gasteiger partial charge in [0.1, 0.15) is 5.69 Å². The number of ether oxygens (including phenoxy) is 1. The van der Waals surface area contributed by atoms with Gasteiger partial charge >= 0.3 is 0 Å². The predicted octanol–water partition coefficient (Wildman–Crippen LogP) is 0.930. The number of hydrogen-bond acceptors (Lipinski definition) is 7. The molecule has 0 saturated carbocycles. The van der Waals surface area contributed by atoms with Crippen LogP contribution in [0.15, 0.2) is 50.3 Å². The molecule has 1 N–H and O–H groups in total. The van der Waals surface area contributed by atoms with Crippen LogP contribution in [0.3, 0.4) is 0 Å². The van der Waals surface area contributed by atoms with E-state index in [0.717, 1.165) is 0 Å². The van der Waals surface area contributed by atoms with Crippen molar-refractivity contribution < 1.29 is 18.5 Å². The minimum absolute atomic E-state index is 0.0245. The van der Waals surface area contributed by atoms with Gasteiger partial charge in [-0.2, -0.15) is 5.10 Å². The molecule has 24 heavy (non-hydrogen) atoms. The number of nitrogens with zero attached hydrogens (tertiary/aromatic N) is 3. The third-order valence-corrected chi connectivity index (χ3v) is 3.17. The first-order chi connectivity index (χ1) is 11.7. The average molecular weight is 330 g/mol. The molecule has 0 fully saturated rings. The molecule has 0 aliphatic heterocycles. The van der Waals surface area contributed by atoms with Crippen LogP contribution in [0, 0.1) is 0 Å². The van der Waals surface area contributed by atoms with Crippen LogP contribution in [-0.4, -0.2) is 34.5 Å². The lowest BCUT2D eigenvalue weighted by Crippen LogP contribution is -2.31. The Morgan fingerprint density at radius 1 is 1.38 bits per heavy atom. The normalized spacial score (nSPS) is 10.5. The summed E-state index contributed by atoms with van der Waals surface area (Å²) in [5, 5.41) is 10.4. The summed E-state index contributed by atoms with van der Waals surface area (Å²) in [6.45, 7) is 0.390. The Morgan fingerprint density at radius 3 is 2.96 bits per heavy atom. The van der Waals surface area contributed by atoms with E-state index in [4.69, 9.17) is 13.7 Å². The number of nitrogens with one attached hydrogen (secondary N) is 1. The molecule has 3 heterocycles. The van der Waals surface area contributed by atoms with Gasteiger partial charge in [-0.25, -0.2) is 4.68 Å². The molecule has 0 aromatic carbocycles. The van der Waals surface area contributed by atoms with Crippen LogP contribution in [-0.2, 0) is 6.54 Å². The topological polar surface area (TPSA) is 112 Å². The lowest BCUT2D eigenvalue weighted by Gasteiger charge is -2.06. The number of furan rings is 1. The highest BCUT2D eigenvalue weighted by Crippen LogP contribution is 2.15. The molecule has 0 radical (unpaired) electrons. The number of aromatic nitrogens is 3. The molecular formula is C15H14N4O5. The van der Waals surface area contributed by atoms with Crippen molar-refractivity contribution in [1.82, 2.24) is 20.3 Å². The highest BCUT2D eigenvalue weighted by Gasteiger charge is 2.13. The maximum absolute atomic E-state index is 11.9. The molecule has 3 aromatic heterocycles. The van der Waals surface area contributed by atoms with Crippen LogP contribution in [0.2, 0.25) is 0 Å². The molecule has 0 bridgehead atoms. The van der Waals surface area contributed by atoms with E-state index in [1.54, 1.807) is 18.2 Å². The second-order valence-corrected chi connectivity index (χ2v) is 4.75. The first-order valence-corrected chi connectivity index (χ1v) is 7.08. The number of carbonyl (C=O) groups excluding carboxylic acids is 1. The molecule has 0 aliphatic carbocycles. The summed E-state index contributed by atoms with van der Waals surface area (Å²) in [7, 11) is 1.42. The highest BCUT2D eigenvalue weighted by atomic mass is 16.5. The van der Waals surface area contributed by atoms with E-state index in [0.29, 0.717) is 11.5 Å². The minimum atomic E-state index is -0.457. The van der Waals surface area contributed by atoms with Crippen molar-refractivity contribution in [3.05, 3.63) is 52.7 Å². The Kier molecular flexibility index (Phi) is 4.41. The molecule has 124 valence electrons. The second-order valence-electron chi connectivity index (χ2n) is 4.75. The SMILES string of the molecule is COc1cc(C(=O)NCCn2nc(-c3ccco3)ccc2=O)on1. The molecule has 0 atom stereocenters. The summed E-state index contributed by atoms with van der Waals surface area (Å²) in [6, 6.07) is 7.83. The Bertz CT molecular complexity index is 881. The number of amides is 1. The average Bonchev–Trinajstić information content (AvgIpc) is 3.28. The van der Waals surface area contributed by atoms with Crippen LogP contribution in [0.4, 0.5) is 0 Å². The summed E-state index contributed by atoms with van der Waals surface area (Å²) in [5.74, 6) is 0.336. The van der Waals surface area contributed by atoms with Gasteiger partial charge in [-0.1, -0.05) is 0 Å². The maximum atomic E-state index is 11.9. The van der Waals surface area contributed by atoms with Gasteiger partial charge in [-0.15, -0.1) is 0 Å².